The van der Waals surface area contributed by atoms with Gasteiger partial charge in [0.2, 0.25) is 0 Å². The lowest BCUT2D eigenvalue weighted by molar-refractivity contribution is 0.313. The van der Waals surface area contributed by atoms with Crippen molar-refractivity contribution in [2.75, 3.05) is 45.2 Å². The molecule has 0 spiro atoms. The number of anilines is 1. The summed E-state index contributed by atoms with van der Waals surface area (Å²) in [5.41, 5.74) is 5.64. The Labute approximate surface area is 154 Å². The molecule has 5 nitrogen and oxygen atoms in total. The number of aromatic amines is 1. The molecule has 2 heterocycles. The molecule has 3 aromatic rings. The Morgan fingerprint density at radius 2 is 1.81 bits per heavy atom. The second-order valence-corrected chi connectivity index (χ2v) is 6.71. The summed E-state index contributed by atoms with van der Waals surface area (Å²) in [4.78, 5) is 4.82. The SMILES string of the molecule is COc1cccc(-c2ccc(N3CCN(C)CC3)cc2-c2cc[nH]n2)c1. The van der Waals surface area contributed by atoms with Crippen molar-refractivity contribution in [3.63, 3.8) is 0 Å². The van der Waals surface area contributed by atoms with Crippen LogP contribution >= 0.6 is 0 Å². The number of nitrogens with one attached hydrogen (secondary N) is 1. The maximum absolute atomic E-state index is 5.40. The zero-order valence-corrected chi connectivity index (χ0v) is 15.3. The van der Waals surface area contributed by atoms with Crippen molar-refractivity contribution in [1.82, 2.24) is 15.1 Å². The molecule has 5 heteroatoms. The van der Waals surface area contributed by atoms with E-state index in [9.17, 15) is 0 Å². The van der Waals surface area contributed by atoms with E-state index in [0.29, 0.717) is 0 Å². The third kappa shape index (κ3) is 3.30. The molecular weight excluding hydrogens is 324 g/mol. The summed E-state index contributed by atoms with van der Waals surface area (Å²) in [5.74, 6) is 0.860. The fourth-order valence-electron chi connectivity index (χ4n) is 3.46. The van der Waals surface area contributed by atoms with E-state index in [1.54, 1.807) is 7.11 Å². The number of piperazine rings is 1. The van der Waals surface area contributed by atoms with Gasteiger partial charge in [-0.2, -0.15) is 5.10 Å². The van der Waals surface area contributed by atoms with Gasteiger partial charge in [-0.3, -0.25) is 5.10 Å². The predicted molar refractivity (Wildman–Crippen MR) is 106 cm³/mol. The van der Waals surface area contributed by atoms with Crippen LogP contribution in [0.1, 0.15) is 0 Å². The summed E-state index contributed by atoms with van der Waals surface area (Å²) in [6.07, 6.45) is 1.87. The molecule has 26 heavy (non-hydrogen) atoms. The van der Waals surface area contributed by atoms with Crippen molar-refractivity contribution in [3.8, 4) is 28.1 Å². The average Bonchev–Trinajstić information content (AvgIpc) is 3.23. The van der Waals surface area contributed by atoms with Crippen LogP contribution in [0.15, 0.2) is 54.7 Å². The lowest BCUT2D eigenvalue weighted by Crippen LogP contribution is -2.44. The fraction of sp³-hybridized carbons (Fsp3) is 0.286. The van der Waals surface area contributed by atoms with Gasteiger partial charge in [-0.1, -0.05) is 18.2 Å². The van der Waals surface area contributed by atoms with Gasteiger partial charge in [-0.25, -0.2) is 0 Å². The summed E-state index contributed by atoms with van der Waals surface area (Å²) >= 11 is 0. The maximum atomic E-state index is 5.40. The first-order valence-electron chi connectivity index (χ1n) is 8.97. The molecule has 4 rings (SSSR count). The molecule has 1 fully saturated rings. The van der Waals surface area contributed by atoms with Gasteiger partial charge in [0.1, 0.15) is 5.75 Å². The molecule has 1 saturated heterocycles. The molecule has 2 aromatic carbocycles. The van der Waals surface area contributed by atoms with E-state index in [-0.39, 0.29) is 0 Å². The number of aromatic nitrogens is 2. The molecule has 1 aromatic heterocycles. The summed E-state index contributed by atoms with van der Waals surface area (Å²) in [7, 11) is 3.88. The molecule has 1 N–H and O–H groups in total. The number of hydrogen-bond donors (Lipinski definition) is 1. The molecule has 0 aliphatic carbocycles. The molecule has 0 radical (unpaired) electrons. The largest absolute Gasteiger partial charge is 0.497 e. The van der Waals surface area contributed by atoms with E-state index in [2.05, 4.69) is 57.4 Å². The van der Waals surface area contributed by atoms with Crippen molar-refractivity contribution in [3.05, 3.63) is 54.7 Å². The summed E-state index contributed by atoms with van der Waals surface area (Å²) < 4.78 is 5.40. The molecule has 0 atom stereocenters. The quantitative estimate of drug-likeness (QED) is 0.784. The zero-order valence-electron chi connectivity index (χ0n) is 15.3. The van der Waals surface area contributed by atoms with Gasteiger partial charge in [-0.05, 0) is 48.5 Å². The van der Waals surface area contributed by atoms with Crippen LogP contribution in [0.25, 0.3) is 22.4 Å². The van der Waals surface area contributed by atoms with Crippen LogP contribution in [0.2, 0.25) is 0 Å². The molecule has 0 saturated carbocycles. The van der Waals surface area contributed by atoms with Crippen molar-refractivity contribution in [2.24, 2.45) is 0 Å². The minimum atomic E-state index is 0.860. The summed E-state index contributed by atoms with van der Waals surface area (Å²) in [6.45, 7) is 4.29. The van der Waals surface area contributed by atoms with E-state index < -0.39 is 0 Å². The van der Waals surface area contributed by atoms with Crippen LogP contribution in [0.3, 0.4) is 0 Å². The number of benzene rings is 2. The Balaban J connectivity index is 1.76. The van der Waals surface area contributed by atoms with Crippen LogP contribution < -0.4 is 9.64 Å². The zero-order chi connectivity index (χ0) is 17.9. The first-order chi connectivity index (χ1) is 12.7. The van der Waals surface area contributed by atoms with Gasteiger partial charge in [0.25, 0.3) is 0 Å². The van der Waals surface area contributed by atoms with Crippen molar-refractivity contribution in [2.45, 2.75) is 0 Å². The molecular formula is C21H24N4O. The Hall–Kier alpha value is -2.79. The van der Waals surface area contributed by atoms with Crippen molar-refractivity contribution < 1.29 is 4.74 Å². The fourth-order valence-corrected chi connectivity index (χ4v) is 3.46. The molecule has 1 aliphatic rings. The topological polar surface area (TPSA) is 44.4 Å². The van der Waals surface area contributed by atoms with E-state index in [1.807, 2.05) is 24.4 Å². The van der Waals surface area contributed by atoms with E-state index >= 15 is 0 Å². The molecule has 0 amide bonds. The number of ether oxygens (including phenoxy) is 1. The number of hydrogen-bond acceptors (Lipinski definition) is 4. The first-order valence-corrected chi connectivity index (χ1v) is 8.97. The van der Waals surface area contributed by atoms with E-state index in [0.717, 1.165) is 54.3 Å². The summed E-state index contributed by atoms with van der Waals surface area (Å²) in [5, 5.41) is 7.37. The molecule has 1 aliphatic heterocycles. The number of H-pyrrole nitrogens is 1. The molecule has 0 unspecified atom stereocenters. The Kier molecular flexibility index (Phi) is 4.63. The standard InChI is InChI=1S/C21H24N4O/c1-24-10-12-25(13-11-24)17-6-7-19(16-4-3-5-18(14-16)26-2)20(15-17)21-8-9-22-23-21/h3-9,14-15H,10-13H2,1-2H3,(H,22,23). The van der Waals surface area contributed by atoms with E-state index in [4.69, 9.17) is 4.74 Å². The molecule has 0 bridgehead atoms. The van der Waals surface area contributed by atoms with Crippen LogP contribution in [0.5, 0.6) is 5.75 Å². The highest BCUT2D eigenvalue weighted by molar-refractivity contribution is 5.85. The predicted octanol–water partition coefficient (Wildman–Crippen LogP) is 3.50. The minimum absolute atomic E-state index is 0.860. The Morgan fingerprint density at radius 3 is 2.54 bits per heavy atom. The summed E-state index contributed by atoms with van der Waals surface area (Å²) in [6, 6.07) is 16.9. The molecule has 134 valence electrons. The van der Waals surface area contributed by atoms with Gasteiger partial charge in [0.15, 0.2) is 0 Å². The maximum Gasteiger partial charge on any atom is 0.119 e. The second kappa shape index (κ2) is 7.22. The van der Waals surface area contributed by atoms with E-state index in [1.165, 1.54) is 5.69 Å². The van der Waals surface area contributed by atoms with Crippen molar-refractivity contribution in [1.29, 1.82) is 0 Å². The first kappa shape index (κ1) is 16.7. The van der Waals surface area contributed by atoms with Gasteiger partial charge in [0, 0.05) is 43.6 Å². The third-order valence-electron chi connectivity index (χ3n) is 5.03. The third-order valence-corrected chi connectivity index (χ3v) is 5.03. The number of rotatable bonds is 4. The highest BCUT2D eigenvalue weighted by atomic mass is 16.5. The highest BCUT2D eigenvalue weighted by Gasteiger charge is 2.17. The Morgan fingerprint density at radius 1 is 0.962 bits per heavy atom. The average molecular weight is 348 g/mol. The number of methoxy groups -OCH3 is 1. The van der Waals surface area contributed by atoms with Crippen LogP contribution in [-0.2, 0) is 0 Å². The van der Waals surface area contributed by atoms with Gasteiger partial charge in [-0.15, -0.1) is 0 Å². The van der Waals surface area contributed by atoms with Crippen molar-refractivity contribution >= 4 is 5.69 Å². The second-order valence-electron chi connectivity index (χ2n) is 6.71. The van der Waals surface area contributed by atoms with Crippen LogP contribution in [-0.4, -0.2) is 55.4 Å². The number of nitrogens with zero attached hydrogens (tertiary/aromatic N) is 3. The van der Waals surface area contributed by atoms with Crippen LogP contribution in [0, 0.1) is 0 Å². The van der Waals surface area contributed by atoms with Crippen LogP contribution in [0.4, 0.5) is 5.69 Å². The highest BCUT2D eigenvalue weighted by Crippen LogP contribution is 2.35. The number of likely N-dealkylation sites (N-methyl/N-ethyl adjacent to an activating group) is 1. The lowest BCUT2D eigenvalue weighted by Gasteiger charge is -2.34. The monoisotopic (exact) mass is 348 g/mol. The minimum Gasteiger partial charge on any atom is -0.497 e. The van der Waals surface area contributed by atoms with Gasteiger partial charge >= 0.3 is 0 Å². The lowest BCUT2D eigenvalue weighted by atomic mass is 9.96. The van der Waals surface area contributed by atoms with Gasteiger partial charge < -0.3 is 14.5 Å². The smallest absolute Gasteiger partial charge is 0.119 e. The van der Waals surface area contributed by atoms with Gasteiger partial charge in [0.05, 0.1) is 12.8 Å². The normalized spacial score (nSPS) is 15.2. The Bertz CT molecular complexity index is 867.